The molecule has 0 aliphatic heterocycles. The van der Waals surface area contributed by atoms with E-state index < -0.39 is 23.9 Å². The van der Waals surface area contributed by atoms with Crippen LogP contribution in [0.25, 0.3) is 0 Å². The molecule has 0 aliphatic rings. The van der Waals surface area contributed by atoms with Gasteiger partial charge in [-0.2, -0.15) is 13.2 Å². The van der Waals surface area contributed by atoms with E-state index in [9.17, 15) is 22.8 Å². The monoisotopic (exact) mass is 278 g/mol. The molecule has 0 bridgehead atoms. The Balaban J connectivity index is 3.15. The van der Waals surface area contributed by atoms with Crippen molar-refractivity contribution >= 4 is 11.9 Å². The summed E-state index contributed by atoms with van der Waals surface area (Å²) in [6.07, 6.45) is -5.17. The van der Waals surface area contributed by atoms with E-state index in [0.29, 0.717) is 0 Å². The van der Waals surface area contributed by atoms with Crippen LogP contribution < -0.4 is 9.47 Å². The largest absolute Gasteiger partial charge is 0.497 e. The van der Waals surface area contributed by atoms with Gasteiger partial charge in [-0.1, -0.05) is 0 Å². The normalized spacial score (nSPS) is 10.8. The van der Waals surface area contributed by atoms with Crippen LogP contribution in [0, 0.1) is 0 Å². The number of carbonyl (C=O) groups is 2. The summed E-state index contributed by atoms with van der Waals surface area (Å²) in [5.74, 6) is -3.84. The minimum absolute atomic E-state index is 0.123. The smallest absolute Gasteiger partial charge is 0.491 e. The summed E-state index contributed by atoms with van der Waals surface area (Å²) in [6, 6.07) is 3.43. The zero-order chi connectivity index (χ0) is 14.6. The zero-order valence-electron chi connectivity index (χ0n) is 9.91. The number of esters is 2. The molecule has 0 saturated heterocycles. The van der Waals surface area contributed by atoms with Crippen molar-refractivity contribution in [1.29, 1.82) is 0 Å². The third kappa shape index (κ3) is 3.60. The van der Waals surface area contributed by atoms with Gasteiger partial charge >= 0.3 is 18.1 Å². The fourth-order valence-electron chi connectivity index (χ4n) is 1.15. The molecule has 1 aromatic carbocycles. The Hall–Kier alpha value is -2.25. The van der Waals surface area contributed by atoms with Crippen LogP contribution >= 0.6 is 0 Å². The van der Waals surface area contributed by atoms with Gasteiger partial charge in [0.25, 0.3) is 0 Å². The summed E-state index contributed by atoms with van der Waals surface area (Å²) in [6.45, 7) is 0. The minimum Gasteiger partial charge on any atom is -0.497 e. The number of hydrogen-bond acceptors (Lipinski definition) is 5. The molecule has 0 atom stereocenters. The van der Waals surface area contributed by atoms with Crippen LogP contribution in [-0.4, -0.2) is 32.3 Å². The second-order valence-electron chi connectivity index (χ2n) is 3.24. The van der Waals surface area contributed by atoms with Crippen molar-refractivity contribution in [3.8, 4) is 11.5 Å². The Bertz CT molecular complexity index is 496. The van der Waals surface area contributed by atoms with Crippen LogP contribution in [0.2, 0.25) is 0 Å². The highest BCUT2D eigenvalue weighted by atomic mass is 19.4. The zero-order valence-corrected chi connectivity index (χ0v) is 9.91. The number of halogens is 3. The van der Waals surface area contributed by atoms with E-state index in [1.807, 2.05) is 0 Å². The summed E-state index contributed by atoms with van der Waals surface area (Å²) < 4.78 is 49.6. The fraction of sp³-hybridized carbons (Fsp3) is 0.273. The number of ether oxygens (including phenoxy) is 3. The standard InChI is InChI=1S/C11H9F3O5/c1-17-6-3-4-7(9(15)18-2)8(5-6)19-10(16)11(12,13)14/h3-5H,1-2H3. The molecule has 1 rings (SSSR count). The highest BCUT2D eigenvalue weighted by Gasteiger charge is 2.42. The van der Waals surface area contributed by atoms with Crippen LogP contribution in [0.15, 0.2) is 18.2 Å². The van der Waals surface area contributed by atoms with Crippen LogP contribution in [-0.2, 0) is 9.53 Å². The number of carbonyl (C=O) groups excluding carboxylic acids is 2. The first-order valence-electron chi connectivity index (χ1n) is 4.85. The van der Waals surface area contributed by atoms with Gasteiger partial charge in [-0.05, 0) is 12.1 Å². The van der Waals surface area contributed by atoms with Crippen molar-refractivity contribution in [3.05, 3.63) is 23.8 Å². The van der Waals surface area contributed by atoms with Gasteiger partial charge in [-0.25, -0.2) is 9.59 Å². The van der Waals surface area contributed by atoms with E-state index >= 15 is 0 Å². The molecule has 0 spiro atoms. The lowest BCUT2D eigenvalue weighted by atomic mass is 10.2. The van der Waals surface area contributed by atoms with Crippen LogP contribution in [0.5, 0.6) is 11.5 Å². The summed E-state index contributed by atoms with van der Waals surface area (Å²) >= 11 is 0. The van der Waals surface area contributed by atoms with E-state index in [0.717, 1.165) is 19.2 Å². The lowest BCUT2D eigenvalue weighted by Crippen LogP contribution is -2.28. The first-order chi connectivity index (χ1) is 8.79. The van der Waals surface area contributed by atoms with Crippen molar-refractivity contribution in [1.82, 2.24) is 0 Å². The molecule has 0 aliphatic carbocycles. The fourth-order valence-corrected chi connectivity index (χ4v) is 1.15. The predicted octanol–water partition coefficient (Wildman–Crippen LogP) is 1.95. The molecule has 5 nitrogen and oxygen atoms in total. The summed E-state index contributed by atoms with van der Waals surface area (Å²) in [5.41, 5.74) is -0.319. The average molecular weight is 278 g/mol. The van der Waals surface area contributed by atoms with Crippen LogP contribution in [0.3, 0.4) is 0 Å². The average Bonchev–Trinajstić information content (AvgIpc) is 2.36. The van der Waals surface area contributed by atoms with Gasteiger partial charge in [0, 0.05) is 6.07 Å². The van der Waals surface area contributed by atoms with E-state index in [4.69, 9.17) is 4.74 Å². The quantitative estimate of drug-likeness (QED) is 0.624. The molecular formula is C11H9F3O5. The number of methoxy groups -OCH3 is 2. The third-order valence-electron chi connectivity index (χ3n) is 2.03. The topological polar surface area (TPSA) is 61.8 Å². The molecule has 19 heavy (non-hydrogen) atoms. The molecule has 1 aromatic rings. The van der Waals surface area contributed by atoms with Crippen molar-refractivity contribution in [2.75, 3.05) is 14.2 Å². The molecule has 0 N–H and O–H groups in total. The molecule has 0 amide bonds. The summed E-state index contributed by atoms with van der Waals surface area (Å²) in [5, 5.41) is 0. The number of hydrogen-bond donors (Lipinski definition) is 0. The lowest BCUT2D eigenvalue weighted by Gasteiger charge is -2.11. The molecule has 0 fully saturated rings. The van der Waals surface area contributed by atoms with Crippen LogP contribution in [0.4, 0.5) is 13.2 Å². The highest BCUT2D eigenvalue weighted by Crippen LogP contribution is 2.28. The van der Waals surface area contributed by atoms with Crippen molar-refractivity contribution in [2.24, 2.45) is 0 Å². The van der Waals surface area contributed by atoms with Crippen LogP contribution in [0.1, 0.15) is 10.4 Å². The third-order valence-corrected chi connectivity index (χ3v) is 2.03. The van der Waals surface area contributed by atoms with E-state index in [2.05, 4.69) is 9.47 Å². The Morgan fingerprint density at radius 2 is 1.79 bits per heavy atom. The number of benzene rings is 1. The molecule has 0 unspecified atom stereocenters. The Morgan fingerprint density at radius 1 is 1.16 bits per heavy atom. The van der Waals surface area contributed by atoms with Gasteiger partial charge in [0.2, 0.25) is 0 Å². The van der Waals surface area contributed by atoms with Gasteiger partial charge < -0.3 is 14.2 Å². The maximum absolute atomic E-state index is 12.1. The minimum atomic E-state index is -5.17. The van der Waals surface area contributed by atoms with Gasteiger partial charge in [0.15, 0.2) is 0 Å². The molecule has 0 heterocycles. The van der Waals surface area contributed by atoms with Gasteiger partial charge in [-0.15, -0.1) is 0 Å². The van der Waals surface area contributed by atoms with Gasteiger partial charge in [0.05, 0.1) is 14.2 Å². The first kappa shape index (κ1) is 14.8. The predicted molar refractivity (Wildman–Crippen MR) is 56.0 cm³/mol. The highest BCUT2D eigenvalue weighted by molar-refractivity contribution is 5.94. The maximum Gasteiger partial charge on any atom is 0.491 e. The Morgan fingerprint density at radius 3 is 2.26 bits per heavy atom. The van der Waals surface area contributed by atoms with E-state index in [1.54, 1.807) is 0 Å². The number of rotatable bonds is 3. The summed E-state index contributed by atoms with van der Waals surface area (Å²) in [7, 11) is 2.31. The van der Waals surface area contributed by atoms with Crippen molar-refractivity contribution < 1.29 is 37.0 Å². The summed E-state index contributed by atoms with van der Waals surface area (Å²) in [4.78, 5) is 22.1. The van der Waals surface area contributed by atoms with Crippen molar-refractivity contribution in [3.63, 3.8) is 0 Å². The van der Waals surface area contributed by atoms with E-state index in [1.165, 1.54) is 13.2 Å². The second kappa shape index (κ2) is 5.59. The maximum atomic E-state index is 12.1. The van der Waals surface area contributed by atoms with E-state index in [-0.39, 0.29) is 11.3 Å². The number of alkyl halides is 3. The van der Waals surface area contributed by atoms with Gasteiger partial charge in [-0.3, -0.25) is 0 Å². The van der Waals surface area contributed by atoms with Gasteiger partial charge in [0.1, 0.15) is 17.1 Å². The SMILES string of the molecule is COC(=O)c1ccc(OC)cc1OC(=O)C(F)(F)F. The van der Waals surface area contributed by atoms with Crippen molar-refractivity contribution in [2.45, 2.75) is 6.18 Å². The molecular weight excluding hydrogens is 269 g/mol. The molecule has 0 saturated carbocycles. The Kier molecular flexibility index (Phi) is 4.36. The molecule has 104 valence electrons. The molecule has 0 radical (unpaired) electrons. The Labute approximate surface area is 105 Å². The molecule has 0 aromatic heterocycles. The second-order valence-corrected chi connectivity index (χ2v) is 3.24. The first-order valence-corrected chi connectivity index (χ1v) is 4.85. The lowest BCUT2D eigenvalue weighted by molar-refractivity contribution is -0.189. The molecule has 8 heteroatoms.